The molecule has 0 spiro atoms. The lowest BCUT2D eigenvalue weighted by atomic mass is 10.1. The number of carbonyl (C=O) groups is 1. The van der Waals surface area contributed by atoms with Crippen LogP contribution in [0.2, 0.25) is 0 Å². The fraction of sp³-hybridized carbons (Fsp3) is 0.667. The summed E-state index contributed by atoms with van der Waals surface area (Å²) in [7, 11) is 0. The van der Waals surface area contributed by atoms with E-state index in [1.165, 1.54) is 6.21 Å². The van der Waals surface area contributed by atoms with Gasteiger partial charge in [-0.3, -0.25) is 4.79 Å². The van der Waals surface area contributed by atoms with Gasteiger partial charge in [0.15, 0.2) is 0 Å². The fourth-order valence-corrected chi connectivity index (χ4v) is 0.415. The number of rotatable bonds is 3. The molecular weight excluding hydrogens is 102 g/mol. The van der Waals surface area contributed by atoms with Crippen molar-refractivity contribution in [3.63, 3.8) is 0 Å². The van der Waals surface area contributed by atoms with Gasteiger partial charge in [-0.05, 0) is 0 Å². The Morgan fingerprint density at radius 3 is 2.50 bits per heavy atom. The zero-order valence-electron chi connectivity index (χ0n) is 5.27. The van der Waals surface area contributed by atoms with Crippen LogP contribution in [0.25, 0.3) is 0 Å². The summed E-state index contributed by atoms with van der Waals surface area (Å²) in [6, 6.07) is 0. The summed E-state index contributed by atoms with van der Waals surface area (Å²) >= 11 is 0. The van der Waals surface area contributed by atoms with E-state index in [4.69, 9.17) is 5.41 Å². The molecular formula is C6H11NO. The maximum atomic E-state index is 10.6. The molecule has 46 valence electrons. The quantitative estimate of drug-likeness (QED) is 0.550. The minimum atomic E-state index is -0.181. The molecule has 0 aromatic rings. The maximum absolute atomic E-state index is 10.6. The summed E-state index contributed by atoms with van der Waals surface area (Å²) in [4.78, 5) is 10.6. The van der Waals surface area contributed by atoms with Crippen molar-refractivity contribution in [2.24, 2.45) is 5.92 Å². The van der Waals surface area contributed by atoms with E-state index in [9.17, 15) is 4.79 Å². The number of hydrogen-bond acceptors (Lipinski definition) is 2. The molecule has 0 fully saturated rings. The second-order valence-corrected chi connectivity index (χ2v) is 1.78. The average molecular weight is 113 g/mol. The largest absolute Gasteiger partial charge is 0.312 e. The molecule has 0 radical (unpaired) electrons. The van der Waals surface area contributed by atoms with Crippen molar-refractivity contribution in [2.75, 3.05) is 0 Å². The highest BCUT2D eigenvalue weighted by Crippen LogP contribution is 1.94. The second kappa shape index (κ2) is 3.36. The van der Waals surface area contributed by atoms with Crippen LogP contribution in [-0.2, 0) is 4.79 Å². The van der Waals surface area contributed by atoms with Gasteiger partial charge >= 0.3 is 0 Å². The van der Waals surface area contributed by atoms with Gasteiger partial charge < -0.3 is 5.41 Å². The van der Waals surface area contributed by atoms with E-state index in [0.717, 1.165) is 0 Å². The van der Waals surface area contributed by atoms with Gasteiger partial charge in [-0.15, -0.1) is 0 Å². The van der Waals surface area contributed by atoms with Crippen molar-refractivity contribution in [2.45, 2.75) is 20.3 Å². The number of Topliss-reactive ketones (excluding diaryl/α,β-unsaturated/α-hetero) is 1. The highest BCUT2D eigenvalue weighted by molar-refractivity contribution is 5.93. The minimum absolute atomic E-state index is 0.139. The SMILES string of the molecule is CCC(=O)C(C)C=N. The summed E-state index contributed by atoms with van der Waals surface area (Å²) in [6.45, 7) is 3.54. The Morgan fingerprint density at radius 2 is 2.38 bits per heavy atom. The minimum Gasteiger partial charge on any atom is -0.312 e. The molecule has 0 aliphatic carbocycles. The van der Waals surface area contributed by atoms with E-state index in [2.05, 4.69) is 0 Å². The van der Waals surface area contributed by atoms with Gasteiger partial charge in [0, 0.05) is 18.6 Å². The van der Waals surface area contributed by atoms with Gasteiger partial charge in [-0.2, -0.15) is 0 Å². The van der Waals surface area contributed by atoms with Crippen molar-refractivity contribution >= 4 is 12.0 Å². The summed E-state index contributed by atoms with van der Waals surface area (Å²) in [5, 5.41) is 6.70. The van der Waals surface area contributed by atoms with Crippen molar-refractivity contribution in [1.82, 2.24) is 0 Å². The molecule has 8 heavy (non-hydrogen) atoms. The molecule has 0 saturated heterocycles. The predicted octanol–water partition coefficient (Wildman–Crippen LogP) is 1.25. The van der Waals surface area contributed by atoms with Crippen LogP contribution in [-0.4, -0.2) is 12.0 Å². The van der Waals surface area contributed by atoms with Crippen molar-refractivity contribution in [1.29, 1.82) is 5.41 Å². The molecule has 0 saturated carbocycles. The van der Waals surface area contributed by atoms with Crippen LogP contribution >= 0.6 is 0 Å². The number of nitrogens with one attached hydrogen (secondary N) is 1. The fourth-order valence-electron chi connectivity index (χ4n) is 0.415. The summed E-state index contributed by atoms with van der Waals surface area (Å²) in [5.74, 6) is -0.0417. The first-order chi connectivity index (χ1) is 3.72. The molecule has 1 N–H and O–H groups in total. The first-order valence-electron chi connectivity index (χ1n) is 2.75. The third-order valence-electron chi connectivity index (χ3n) is 1.11. The topological polar surface area (TPSA) is 40.9 Å². The molecule has 0 rings (SSSR count). The van der Waals surface area contributed by atoms with Crippen molar-refractivity contribution in [3.8, 4) is 0 Å². The molecule has 0 aromatic carbocycles. The zero-order chi connectivity index (χ0) is 6.57. The Bertz CT molecular complexity index is 98.7. The lowest BCUT2D eigenvalue weighted by Crippen LogP contribution is -2.09. The molecule has 0 bridgehead atoms. The summed E-state index contributed by atoms with van der Waals surface area (Å²) in [5.41, 5.74) is 0. The monoisotopic (exact) mass is 113 g/mol. The van der Waals surface area contributed by atoms with E-state index in [-0.39, 0.29) is 11.7 Å². The van der Waals surface area contributed by atoms with E-state index in [0.29, 0.717) is 6.42 Å². The van der Waals surface area contributed by atoms with Crippen LogP contribution in [0.5, 0.6) is 0 Å². The third-order valence-corrected chi connectivity index (χ3v) is 1.11. The lowest BCUT2D eigenvalue weighted by Gasteiger charge is -1.97. The highest BCUT2D eigenvalue weighted by Gasteiger charge is 2.04. The lowest BCUT2D eigenvalue weighted by molar-refractivity contribution is -0.120. The first kappa shape index (κ1) is 7.34. The van der Waals surface area contributed by atoms with Crippen molar-refractivity contribution < 1.29 is 4.79 Å². The van der Waals surface area contributed by atoms with Gasteiger partial charge in [0.2, 0.25) is 0 Å². The van der Waals surface area contributed by atoms with Crippen LogP contribution in [0.15, 0.2) is 0 Å². The van der Waals surface area contributed by atoms with Gasteiger partial charge in [0.05, 0.1) is 0 Å². The smallest absolute Gasteiger partial charge is 0.140 e. The van der Waals surface area contributed by atoms with Crippen LogP contribution in [0.1, 0.15) is 20.3 Å². The predicted molar refractivity (Wildman–Crippen MR) is 33.2 cm³/mol. The normalized spacial score (nSPS) is 12.8. The van der Waals surface area contributed by atoms with E-state index in [1.54, 1.807) is 6.92 Å². The molecule has 0 aliphatic rings. The molecule has 0 heterocycles. The highest BCUT2D eigenvalue weighted by atomic mass is 16.1. The molecule has 0 aliphatic heterocycles. The molecule has 1 unspecified atom stereocenters. The van der Waals surface area contributed by atoms with Crippen LogP contribution in [0, 0.1) is 11.3 Å². The third kappa shape index (κ3) is 1.87. The Hall–Kier alpha value is -0.660. The zero-order valence-corrected chi connectivity index (χ0v) is 5.27. The van der Waals surface area contributed by atoms with Crippen LogP contribution < -0.4 is 0 Å². The van der Waals surface area contributed by atoms with Gasteiger partial charge in [0.25, 0.3) is 0 Å². The van der Waals surface area contributed by atoms with Crippen molar-refractivity contribution in [3.05, 3.63) is 0 Å². The van der Waals surface area contributed by atoms with Gasteiger partial charge in [0.1, 0.15) is 5.78 Å². The van der Waals surface area contributed by atoms with E-state index in [1.807, 2.05) is 6.92 Å². The number of carbonyl (C=O) groups excluding carboxylic acids is 1. The Labute approximate surface area is 49.4 Å². The Morgan fingerprint density at radius 1 is 1.88 bits per heavy atom. The molecule has 0 aromatic heterocycles. The van der Waals surface area contributed by atoms with Crippen LogP contribution in [0.4, 0.5) is 0 Å². The average Bonchev–Trinajstić information content (AvgIpc) is 1.84. The first-order valence-corrected chi connectivity index (χ1v) is 2.75. The molecule has 1 atom stereocenters. The maximum Gasteiger partial charge on any atom is 0.140 e. The molecule has 0 amide bonds. The van der Waals surface area contributed by atoms with Gasteiger partial charge in [-0.25, -0.2) is 0 Å². The second-order valence-electron chi connectivity index (χ2n) is 1.78. The van der Waals surface area contributed by atoms with E-state index >= 15 is 0 Å². The van der Waals surface area contributed by atoms with Crippen LogP contribution in [0.3, 0.4) is 0 Å². The molecule has 2 nitrogen and oxygen atoms in total. The number of ketones is 1. The Kier molecular flexibility index (Phi) is 3.08. The summed E-state index contributed by atoms with van der Waals surface area (Å²) < 4.78 is 0. The van der Waals surface area contributed by atoms with E-state index < -0.39 is 0 Å². The standard InChI is InChI=1S/C6H11NO/c1-3-6(8)5(2)4-7/h4-5,7H,3H2,1-2H3. The van der Waals surface area contributed by atoms with Gasteiger partial charge in [-0.1, -0.05) is 13.8 Å². The summed E-state index contributed by atoms with van der Waals surface area (Å²) in [6.07, 6.45) is 1.71. The Balaban J connectivity index is 3.62. The molecule has 2 heteroatoms. The number of hydrogen-bond donors (Lipinski definition) is 1.